The van der Waals surface area contributed by atoms with E-state index in [0.29, 0.717) is 31.9 Å². The van der Waals surface area contributed by atoms with Crippen molar-refractivity contribution in [2.45, 2.75) is 26.3 Å². The van der Waals surface area contributed by atoms with Crippen molar-refractivity contribution in [2.24, 2.45) is 5.92 Å². The van der Waals surface area contributed by atoms with Crippen LogP contribution in [0.15, 0.2) is 42.5 Å². The summed E-state index contributed by atoms with van der Waals surface area (Å²) in [5.74, 6) is -2.98. The molecule has 1 N–H and O–H groups in total. The molecule has 7 nitrogen and oxygen atoms in total. The fraction of sp³-hybridized carbons (Fsp3) is 0.400. The first-order valence-electron chi connectivity index (χ1n) is 11.2. The lowest BCUT2D eigenvalue weighted by Gasteiger charge is -2.37. The van der Waals surface area contributed by atoms with Crippen molar-refractivity contribution in [2.75, 3.05) is 33.3 Å². The highest BCUT2D eigenvalue weighted by Crippen LogP contribution is 2.17. The molecule has 9 heteroatoms. The second-order valence-corrected chi connectivity index (χ2v) is 8.53. The second kappa shape index (κ2) is 11.1. The fourth-order valence-corrected chi connectivity index (χ4v) is 3.88. The van der Waals surface area contributed by atoms with Crippen LogP contribution in [0.5, 0.6) is 5.75 Å². The van der Waals surface area contributed by atoms with E-state index in [2.05, 4.69) is 5.32 Å². The van der Waals surface area contributed by atoms with Crippen LogP contribution < -0.4 is 10.1 Å². The molecule has 0 spiro atoms. The van der Waals surface area contributed by atoms with Gasteiger partial charge in [-0.1, -0.05) is 32.0 Å². The SMILES string of the molecule is COc1cccc(CC(=O)N2CCN(C(=O)[C@@H](NC(=O)c3c(F)cccc3F)C(C)C)CC2)c1. The number of halogens is 2. The Kier molecular flexibility index (Phi) is 8.20. The van der Waals surface area contributed by atoms with E-state index in [1.807, 2.05) is 24.3 Å². The average molecular weight is 474 g/mol. The van der Waals surface area contributed by atoms with Gasteiger partial charge in [-0.15, -0.1) is 0 Å². The molecular weight excluding hydrogens is 444 g/mol. The van der Waals surface area contributed by atoms with Crippen LogP contribution in [0.25, 0.3) is 0 Å². The van der Waals surface area contributed by atoms with Crippen LogP contribution in [-0.2, 0) is 16.0 Å². The van der Waals surface area contributed by atoms with Gasteiger partial charge in [-0.2, -0.15) is 0 Å². The molecule has 0 saturated carbocycles. The van der Waals surface area contributed by atoms with Crippen LogP contribution in [0.1, 0.15) is 29.8 Å². The molecule has 2 aromatic carbocycles. The lowest BCUT2D eigenvalue weighted by Crippen LogP contribution is -2.57. The largest absolute Gasteiger partial charge is 0.497 e. The Bertz CT molecular complexity index is 1030. The summed E-state index contributed by atoms with van der Waals surface area (Å²) in [6, 6.07) is 9.50. The minimum Gasteiger partial charge on any atom is -0.497 e. The Hall–Kier alpha value is -3.49. The molecule has 0 unspecified atom stereocenters. The summed E-state index contributed by atoms with van der Waals surface area (Å²) in [5, 5.41) is 2.49. The summed E-state index contributed by atoms with van der Waals surface area (Å²) in [6.07, 6.45) is 0.226. The van der Waals surface area contributed by atoms with E-state index in [1.54, 1.807) is 30.8 Å². The van der Waals surface area contributed by atoms with Gasteiger partial charge in [0.2, 0.25) is 11.8 Å². The smallest absolute Gasteiger partial charge is 0.257 e. The Morgan fingerprint density at radius 2 is 1.56 bits per heavy atom. The number of hydrogen-bond donors (Lipinski definition) is 1. The molecule has 1 fully saturated rings. The number of carbonyl (C=O) groups excluding carboxylic acids is 3. The number of methoxy groups -OCH3 is 1. The maximum absolute atomic E-state index is 14.0. The first kappa shape index (κ1) is 25.1. The predicted octanol–water partition coefficient (Wildman–Crippen LogP) is 2.64. The van der Waals surface area contributed by atoms with Crippen LogP contribution in [-0.4, -0.2) is 66.9 Å². The summed E-state index contributed by atoms with van der Waals surface area (Å²) in [5.41, 5.74) is 0.125. The number of ether oxygens (including phenoxy) is 1. The number of rotatable bonds is 7. The predicted molar refractivity (Wildman–Crippen MR) is 122 cm³/mol. The third-order valence-electron chi connectivity index (χ3n) is 5.84. The van der Waals surface area contributed by atoms with Crippen LogP contribution in [0, 0.1) is 17.6 Å². The van der Waals surface area contributed by atoms with Gasteiger partial charge in [0, 0.05) is 26.2 Å². The van der Waals surface area contributed by atoms with E-state index in [4.69, 9.17) is 4.74 Å². The average Bonchev–Trinajstić information content (AvgIpc) is 2.82. The van der Waals surface area contributed by atoms with Gasteiger partial charge in [-0.3, -0.25) is 14.4 Å². The van der Waals surface area contributed by atoms with E-state index >= 15 is 0 Å². The summed E-state index contributed by atoms with van der Waals surface area (Å²) in [6.45, 7) is 4.80. The summed E-state index contributed by atoms with van der Waals surface area (Å²) >= 11 is 0. The summed E-state index contributed by atoms with van der Waals surface area (Å²) in [7, 11) is 1.57. The zero-order valence-corrected chi connectivity index (χ0v) is 19.5. The van der Waals surface area contributed by atoms with Crippen LogP contribution in [0.3, 0.4) is 0 Å². The minimum absolute atomic E-state index is 0.0518. The second-order valence-electron chi connectivity index (χ2n) is 8.53. The van der Waals surface area contributed by atoms with E-state index in [1.165, 1.54) is 6.07 Å². The Balaban J connectivity index is 1.60. The van der Waals surface area contributed by atoms with Crippen molar-refractivity contribution >= 4 is 17.7 Å². The minimum atomic E-state index is -0.990. The van der Waals surface area contributed by atoms with Gasteiger partial charge in [0.05, 0.1) is 13.5 Å². The quantitative estimate of drug-likeness (QED) is 0.671. The lowest BCUT2D eigenvalue weighted by atomic mass is 10.0. The normalized spacial score (nSPS) is 14.6. The van der Waals surface area contributed by atoms with Gasteiger partial charge in [-0.25, -0.2) is 8.78 Å². The third kappa shape index (κ3) is 5.89. The number of amides is 3. The molecule has 0 aromatic heterocycles. The first-order valence-corrected chi connectivity index (χ1v) is 11.2. The van der Waals surface area contributed by atoms with Crippen LogP contribution in [0.4, 0.5) is 8.78 Å². The van der Waals surface area contributed by atoms with Crippen molar-refractivity contribution in [3.63, 3.8) is 0 Å². The van der Waals surface area contributed by atoms with E-state index < -0.39 is 29.1 Å². The summed E-state index contributed by atoms with van der Waals surface area (Å²) in [4.78, 5) is 41.6. The van der Waals surface area contributed by atoms with Crippen LogP contribution in [0.2, 0.25) is 0 Å². The summed E-state index contributed by atoms with van der Waals surface area (Å²) < 4.78 is 33.2. The Labute approximate surface area is 197 Å². The van der Waals surface area contributed by atoms with E-state index in [9.17, 15) is 23.2 Å². The zero-order chi connectivity index (χ0) is 24.8. The Morgan fingerprint density at radius 3 is 2.15 bits per heavy atom. The van der Waals surface area contributed by atoms with Gasteiger partial charge in [0.25, 0.3) is 5.91 Å². The molecule has 1 aliphatic rings. The fourth-order valence-electron chi connectivity index (χ4n) is 3.88. The number of nitrogens with one attached hydrogen (secondary N) is 1. The molecule has 1 saturated heterocycles. The molecule has 1 aliphatic heterocycles. The molecular formula is C25H29F2N3O4. The van der Waals surface area contributed by atoms with Crippen molar-refractivity contribution in [3.05, 3.63) is 65.2 Å². The molecule has 1 heterocycles. The molecule has 2 aromatic rings. The van der Waals surface area contributed by atoms with E-state index in [0.717, 1.165) is 17.7 Å². The van der Waals surface area contributed by atoms with Gasteiger partial charge in [0.1, 0.15) is 29.0 Å². The molecule has 0 aliphatic carbocycles. The van der Waals surface area contributed by atoms with Gasteiger partial charge >= 0.3 is 0 Å². The maximum Gasteiger partial charge on any atom is 0.257 e. The van der Waals surface area contributed by atoms with Crippen LogP contribution >= 0.6 is 0 Å². The van der Waals surface area contributed by atoms with Gasteiger partial charge in [-0.05, 0) is 35.7 Å². The maximum atomic E-state index is 14.0. The monoisotopic (exact) mass is 473 g/mol. The number of hydrogen-bond acceptors (Lipinski definition) is 4. The van der Waals surface area contributed by atoms with E-state index in [-0.39, 0.29) is 24.2 Å². The molecule has 0 bridgehead atoms. The number of nitrogens with zero attached hydrogens (tertiary/aromatic N) is 2. The number of carbonyl (C=O) groups is 3. The highest BCUT2D eigenvalue weighted by Gasteiger charge is 2.33. The van der Waals surface area contributed by atoms with Gasteiger partial charge < -0.3 is 19.9 Å². The van der Waals surface area contributed by atoms with Crippen molar-refractivity contribution < 1.29 is 27.9 Å². The van der Waals surface area contributed by atoms with Crippen molar-refractivity contribution in [1.29, 1.82) is 0 Å². The van der Waals surface area contributed by atoms with Crippen molar-refractivity contribution in [1.82, 2.24) is 15.1 Å². The topological polar surface area (TPSA) is 79.0 Å². The van der Waals surface area contributed by atoms with Gasteiger partial charge in [0.15, 0.2) is 0 Å². The number of benzene rings is 2. The molecule has 182 valence electrons. The Morgan fingerprint density at radius 1 is 0.971 bits per heavy atom. The van der Waals surface area contributed by atoms with Crippen molar-refractivity contribution in [3.8, 4) is 5.75 Å². The molecule has 1 atom stereocenters. The molecule has 34 heavy (non-hydrogen) atoms. The molecule has 3 amide bonds. The highest BCUT2D eigenvalue weighted by molar-refractivity contribution is 5.98. The first-order chi connectivity index (χ1) is 16.2. The number of piperazine rings is 1. The zero-order valence-electron chi connectivity index (χ0n) is 19.5. The lowest BCUT2D eigenvalue weighted by molar-refractivity contribution is -0.141. The molecule has 3 rings (SSSR count). The third-order valence-corrected chi connectivity index (χ3v) is 5.84. The molecule has 0 radical (unpaired) electrons. The highest BCUT2D eigenvalue weighted by atomic mass is 19.1. The standard InChI is InChI=1S/C25H29F2N3O4/c1-16(2)23(28-24(32)22-19(26)8-5-9-20(22)27)25(33)30-12-10-29(11-13-30)21(31)15-17-6-4-7-18(14-17)34-3/h4-9,14,16,23H,10-13,15H2,1-3H3,(H,28,32)/t23-/m0/s1.